The number of nitrogens with zero attached hydrogens (tertiary/aromatic N) is 1. The molecule has 94 valence electrons. The topological polar surface area (TPSA) is 21.6 Å². The predicted molar refractivity (Wildman–Crippen MR) is 74.2 cm³/mol. The number of benzene rings is 1. The Hall–Kier alpha value is -1.31. The summed E-state index contributed by atoms with van der Waals surface area (Å²) in [5.41, 5.74) is 2.28. The summed E-state index contributed by atoms with van der Waals surface area (Å²) < 4.78 is 5.61. The smallest absolute Gasteiger partial charge is 0.119 e. The molecule has 0 bridgehead atoms. The van der Waals surface area contributed by atoms with E-state index in [2.05, 4.69) is 31.0 Å². The molecule has 0 N–H and O–H groups in total. The van der Waals surface area contributed by atoms with Crippen molar-refractivity contribution < 1.29 is 4.74 Å². The number of rotatable bonds is 6. The van der Waals surface area contributed by atoms with Crippen molar-refractivity contribution in [3.05, 3.63) is 29.8 Å². The number of hydrogen-bond acceptors (Lipinski definition) is 2. The molecule has 17 heavy (non-hydrogen) atoms. The number of hydrogen-bond donors (Lipinski definition) is 0. The van der Waals surface area contributed by atoms with Crippen molar-refractivity contribution in [2.24, 2.45) is 4.99 Å². The second-order valence-electron chi connectivity index (χ2n) is 4.51. The standard InChI is InChI=1S/C15H23NO/c1-5-6-11-16-13(4)14-7-9-15(10-8-14)17-12(2)3/h7-10,12H,5-6,11H2,1-4H3. The predicted octanol–water partition coefficient (Wildman–Crippen LogP) is 4.08. The minimum absolute atomic E-state index is 0.222. The highest BCUT2D eigenvalue weighted by molar-refractivity contribution is 5.98. The van der Waals surface area contributed by atoms with Crippen molar-refractivity contribution in [1.82, 2.24) is 0 Å². The molecular formula is C15H23NO. The lowest BCUT2D eigenvalue weighted by Crippen LogP contribution is -2.05. The van der Waals surface area contributed by atoms with Crippen molar-refractivity contribution >= 4 is 5.71 Å². The van der Waals surface area contributed by atoms with Crippen molar-refractivity contribution in [3.8, 4) is 5.75 Å². The monoisotopic (exact) mass is 233 g/mol. The maximum absolute atomic E-state index is 5.61. The molecule has 0 aliphatic heterocycles. The van der Waals surface area contributed by atoms with Crippen LogP contribution in [0.25, 0.3) is 0 Å². The van der Waals surface area contributed by atoms with Gasteiger partial charge >= 0.3 is 0 Å². The van der Waals surface area contributed by atoms with E-state index in [0.29, 0.717) is 0 Å². The molecule has 0 atom stereocenters. The van der Waals surface area contributed by atoms with Crippen molar-refractivity contribution in [2.75, 3.05) is 6.54 Å². The first-order valence-corrected chi connectivity index (χ1v) is 6.41. The van der Waals surface area contributed by atoms with Gasteiger partial charge in [0, 0.05) is 12.3 Å². The summed E-state index contributed by atoms with van der Waals surface area (Å²) in [4.78, 5) is 4.55. The van der Waals surface area contributed by atoms with E-state index in [4.69, 9.17) is 4.74 Å². The van der Waals surface area contributed by atoms with Gasteiger partial charge in [-0.15, -0.1) is 0 Å². The first kappa shape index (κ1) is 13.8. The van der Waals surface area contributed by atoms with Crippen LogP contribution in [-0.4, -0.2) is 18.4 Å². The zero-order chi connectivity index (χ0) is 12.7. The molecule has 0 unspecified atom stereocenters. The summed E-state index contributed by atoms with van der Waals surface area (Å²) in [6.07, 6.45) is 2.57. The summed E-state index contributed by atoms with van der Waals surface area (Å²) in [6.45, 7) is 9.24. The number of ether oxygens (including phenoxy) is 1. The molecule has 0 fully saturated rings. The van der Waals surface area contributed by atoms with Gasteiger partial charge < -0.3 is 4.74 Å². The molecule has 1 aromatic carbocycles. The van der Waals surface area contributed by atoms with Crippen LogP contribution in [-0.2, 0) is 0 Å². The fourth-order valence-corrected chi connectivity index (χ4v) is 1.54. The first-order valence-electron chi connectivity index (χ1n) is 6.41. The highest BCUT2D eigenvalue weighted by atomic mass is 16.5. The Labute approximate surface area is 105 Å². The fourth-order valence-electron chi connectivity index (χ4n) is 1.54. The Kier molecular flexibility index (Phi) is 5.75. The number of aliphatic imine (C=N–C) groups is 1. The maximum atomic E-state index is 5.61. The van der Waals surface area contributed by atoms with Crippen LogP contribution in [0, 0.1) is 0 Å². The van der Waals surface area contributed by atoms with Gasteiger partial charge in [-0.2, -0.15) is 0 Å². The Morgan fingerprint density at radius 2 is 1.88 bits per heavy atom. The molecule has 2 nitrogen and oxygen atoms in total. The third-order valence-electron chi connectivity index (χ3n) is 2.50. The summed E-state index contributed by atoms with van der Waals surface area (Å²) in [5, 5.41) is 0. The van der Waals surface area contributed by atoms with Gasteiger partial charge in [0.2, 0.25) is 0 Å². The second kappa shape index (κ2) is 7.10. The Morgan fingerprint density at radius 3 is 2.41 bits per heavy atom. The lowest BCUT2D eigenvalue weighted by atomic mass is 10.1. The molecule has 0 radical (unpaired) electrons. The minimum atomic E-state index is 0.222. The first-order chi connectivity index (χ1) is 8.13. The van der Waals surface area contributed by atoms with Crippen LogP contribution in [0.1, 0.15) is 46.1 Å². The molecule has 0 aliphatic carbocycles. The average Bonchev–Trinajstić information content (AvgIpc) is 2.29. The molecule has 1 rings (SSSR count). The van der Waals surface area contributed by atoms with Gasteiger partial charge in [-0.05, 0) is 57.0 Å². The fraction of sp³-hybridized carbons (Fsp3) is 0.533. The van der Waals surface area contributed by atoms with E-state index < -0.39 is 0 Å². The molecule has 0 saturated carbocycles. The molecule has 2 heteroatoms. The van der Waals surface area contributed by atoms with Crippen molar-refractivity contribution in [1.29, 1.82) is 0 Å². The Balaban J connectivity index is 2.63. The van der Waals surface area contributed by atoms with E-state index in [9.17, 15) is 0 Å². The van der Waals surface area contributed by atoms with Crippen LogP contribution in [0.15, 0.2) is 29.3 Å². The van der Waals surface area contributed by atoms with E-state index in [1.54, 1.807) is 0 Å². The Bertz CT molecular complexity index is 352. The van der Waals surface area contributed by atoms with Gasteiger partial charge in [-0.3, -0.25) is 4.99 Å². The maximum Gasteiger partial charge on any atom is 0.119 e. The molecule has 0 saturated heterocycles. The Morgan fingerprint density at radius 1 is 1.24 bits per heavy atom. The van der Waals surface area contributed by atoms with E-state index in [-0.39, 0.29) is 6.10 Å². The second-order valence-corrected chi connectivity index (χ2v) is 4.51. The van der Waals surface area contributed by atoms with Gasteiger partial charge in [-0.1, -0.05) is 13.3 Å². The van der Waals surface area contributed by atoms with E-state index in [1.165, 1.54) is 12.0 Å². The van der Waals surface area contributed by atoms with Gasteiger partial charge in [0.15, 0.2) is 0 Å². The minimum Gasteiger partial charge on any atom is -0.491 e. The summed E-state index contributed by atoms with van der Waals surface area (Å²) in [5.74, 6) is 0.921. The third kappa shape index (κ3) is 5.03. The van der Waals surface area contributed by atoms with Gasteiger partial charge in [0.05, 0.1) is 6.10 Å². The SMILES string of the molecule is CCCCN=C(C)c1ccc(OC(C)C)cc1. The lowest BCUT2D eigenvalue weighted by molar-refractivity contribution is 0.242. The normalized spacial score (nSPS) is 11.9. The summed E-state index contributed by atoms with van der Waals surface area (Å²) >= 11 is 0. The van der Waals surface area contributed by atoms with E-state index >= 15 is 0 Å². The molecule has 0 heterocycles. The van der Waals surface area contributed by atoms with E-state index in [1.807, 2.05) is 26.0 Å². The highest BCUT2D eigenvalue weighted by Crippen LogP contribution is 2.14. The molecule has 0 spiro atoms. The largest absolute Gasteiger partial charge is 0.491 e. The van der Waals surface area contributed by atoms with Crippen LogP contribution in [0.5, 0.6) is 5.75 Å². The molecule has 0 aliphatic rings. The van der Waals surface area contributed by atoms with Crippen LogP contribution in [0.3, 0.4) is 0 Å². The summed E-state index contributed by atoms with van der Waals surface area (Å²) in [6, 6.07) is 8.16. The molecule has 1 aromatic rings. The van der Waals surface area contributed by atoms with Crippen molar-refractivity contribution in [2.45, 2.75) is 46.6 Å². The quantitative estimate of drug-likeness (QED) is 0.536. The van der Waals surface area contributed by atoms with Crippen LogP contribution in [0.4, 0.5) is 0 Å². The van der Waals surface area contributed by atoms with Gasteiger partial charge in [0.25, 0.3) is 0 Å². The lowest BCUT2D eigenvalue weighted by Gasteiger charge is -2.10. The average molecular weight is 233 g/mol. The van der Waals surface area contributed by atoms with Gasteiger partial charge in [-0.25, -0.2) is 0 Å². The highest BCUT2D eigenvalue weighted by Gasteiger charge is 2.00. The number of unbranched alkanes of at least 4 members (excludes halogenated alkanes) is 1. The molecule has 0 aromatic heterocycles. The molecular weight excluding hydrogens is 210 g/mol. The zero-order valence-corrected chi connectivity index (χ0v) is 11.4. The molecule has 0 amide bonds. The third-order valence-corrected chi connectivity index (χ3v) is 2.50. The van der Waals surface area contributed by atoms with Crippen LogP contribution >= 0.6 is 0 Å². The van der Waals surface area contributed by atoms with Crippen LogP contribution < -0.4 is 4.74 Å². The van der Waals surface area contributed by atoms with Crippen molar-refractivity contribution in [3.63, 3.8) is 0 Å². The van der Waals surface area contributed by atoms with Crippen LogP contribution in [0.2, 0.25) is 0 Å². The van der Waals surface area contributed by atoms with Gasteiger partial charge in [0.1, 0.15) is 5.75 Å². The summed E-state index contributed by atoms with van der Waals surface area (Å²) in [7, 11) is 0. The van der Waals surface area contributed by atoms with E-state index in [0.717, 1.165) is 24.4 Å². The zero-order valence-electron chi connectivity index (χ0n) is 11.4.